The van der Waals surface area contributed by atoms with Crippen LogP contribution in [0.2, 0.25) is 5.02 Å². The first-order valence-corrected chi connectivity index (χ1v) is 7.00. The molecule has 100 valence electrons. The molecule has 0 aliphatic rings. The molecule has 0 radical (unpaired) electrons. The minimum Gasteiger partial charge on any atom is -0.507 e. The van der Waals surface area contributed by atoms with Gasteiger partial charge in [0, 0.05) is 29.1 Å². The van der Waals surface area contributed by atoms with Crippen molar-refractivity contribution in [2.45, 2.75) is 13.3 Å². The van der Waals surface area contributed by atoms with Crippen molar-refractivity contribution in [1.29, 1.82) is 0 Å². The van der Waals surface area contributed by atoms with Gasteiger partial charge in [0.2, 0.25) is 0 Å². The van der Waals surface area contributed by atoms with Gasteiger partial charge in [-0.3, -0.25) is 4.79 Å². The number of hydrogen-bond acceptors (Lipinski definition) is 4. The number of halogens is 1. The molecular weight excluding hydrogens is 284 g/mol. The van der Waals surface area contributed by atoms with Crippen LogP contribution in [0.5, 0.6) is 5.75 Å². The van der Waals surface area contributed by atoms with E-state index in [4.69, 9.17) is 11.6 Å². The molecule has 1 heterocycles. The highest BCUT2D eigenvalue weighted by Gasteiger charge is 2.11. The highest BCUT2D eigenvalue weighted by Crippen LogP contribution is 2.21. The van der Waals surface area contributed by atoms with E-state index in [9.17, 15) is 9.90 Å². The predicted molar refractivity (Wildman–Crippen MR) is 76.0 cm³/mol. The molecule has 0 aliphatic carbocycles. The Balaban J connectivity index is 1.90. The zero-order valence-corrected chi connectivity index (χ0v) is 11.9. The lowest BCUT2D eigenvalue weighted by Crippen LogP contribution is -2.25. The molecule has 2 aromatic rings. The molecule has 1 aromatic carbocycles. The molecule has 19 heavy (non-hydrogen) atoms. The molecule has 0 bridgehead atoms. The molecule has 1 amide bonds. The second-order valence-corrected chi connectivity index (χ2v) is 5.43. The Bertz CT molecular complexity index is 598. The first-order chi connectivity index (χ1) is 9.06. The van der Waals surface area contributed by atoms with Crippen molar-refractivity contribution < 1.29 is 9.90 Å². The third-order valence-electron chi connectivity index (χ3n) is 2.50. The molecule has 1 aromatic heterocycles. The lowest BCUT2D eigenvalue weighted by atomic mass is 10.2. The molecule has 2 rings (SSSR count). The number of carbonyl (C=O) groups is 1. The van der Waals surface area contributed by atoms with Gasteiger partial charge in [-0.15, -0.1) is 11.3 Å². The summed E-state index contributed by atoms with van der Waals surface area (Å²) in [5.74, 6) is -0.433. The van der Waals surface area contributed by atoms with Crippen molar-refractivity contribution >= 4 is 28.8 Å². The fourth-order valence-corrected chi connectivity index (χ4v) is 2.53. The Labute approximate surface area is 120 Å². The summed E-state index contributed by atoms with van der Waals surface area (Å²) >= 11 is 7.28. The minimum absolute atomic E-state index is 0.116. The predicted octanol–water partition coefficient (Wildman–Crippen LogP) is 2.78. The Morgan fingerprint density at radius 1 is 1.53 bits per heavy atom. The number of phenols is 1. The lowest BCUT2D eigenvalue weighted by molar-refractivity contribution is 0.0951. The summed E-state index contributed by atoms with van der Waals surface area (Å²) in [7, 11) is 0. The normalized spacial score (nSPS) is 10.4. The zero-order valence-electron chi connectivity index (χ0n) is 10.3. The number of phenolic OH excluding ortho intramolecular Hbond substituents is 1. The van der Waals surface area contributed by atoms with E-state index in [2.05, 4.69) is 10.3 Å². The number of hydrogen-bond donors (Lipinski definition) is 2. The van der Waals surface area contributed by atoms with E-state index < -0.39 is 0 Å². The van der Waals surface area contributed by atoms with Gasteiger partial charge in [-0.25, -0.2) is 4.98 Å². The molecule has 0 unspecified atom stereocenters. The third-order valence-corrected chi connectivity index (χ3v) is 3.76. The van der Waals surface area contributed by atoms with Crippen LogP contribution in [-0.2, 0) is 6.42 Å². The molecule has 0 aliphatic heterocycles. The van der Waals surface area contributed by atoms with Crippen molar-refractivity contribution in [1.82, 2.24) is 10.3 Å². The van der Waals surface area contributed by atoms with E-state index >= 15 is 0 Å². The van der Waals surface area contributed by atoms with Crippen LogP contribution >= 0.6 is 22.9 Å². The van der Waals surface area contributed by atoms with E-state index in [-0.39, 0.29) is 17.2 Å². The summed E-state index contributed by atoms with van der Waals surface area (Å²) in [5, 5.41) is 15.7. The standard InChI is InChI=1S/C13H13ClN2O2S/c1-8-7-19-12(16-8)4-5-15-13(18)10-3-2-9(14)6-11(10)17/h2-3,6-7,17H,4-5H2,1H3,(H,15,18). The second-order valence-electron chi connectivity index (χ2n) is 4.05. The smallest absolute Gasteiger partial charge is 0.255 e. The Morgan fingerprint density at radius 2 is 2.32 bits per heavy atom. The average Bonchev–Trinajstić information content (AvgIpc) is 2.75. The lowest BCUT2D eigenvalue weighted by Gasteiger charge is -2.06. The summed E-state index contributed by atoms with van der Waals surface area (Å²) < 4.78 is 0. The van der Waals surface area contributed by atoms with Gasteiger partial charge in [0.05, 0.1) is 10.6 Å². The SMILES string of the molecule is Cc1csc(CCNC(=O)c2ccc(Cl)cc2O)n1. The maximum absolute atomic E-state index is 11.8. The number of aromatic hydroxyl groups is 1. The maximum Gasteiger partial charge on any atom is 0.255 e. The van der Waals surface area contributed by atoms with Crippen LogP contribution < -0.4 is 5.32 Å². The maximum atomic E-state index is 11.8. The monoisotopic (exact) mass is 296 g/mol. The molecule has 0 atom stereocenters. The van der Waals surface area contributed by atoms with Gasteiger partial charge in [0.25, 0.3) is 5.91 Å². The van der Waals surface area contributed by atoms with Crippen LogP contribution in [0.3, 0.4) is 0 Å². The molecule has 0 saturated carbocycles. The number of aromatic nitrogens is 1. The van der Waals surface area contributed by atoms with E-state index in [0.717, 1.165) is 10.7 Å². The third kappa shape index (κ3) is 3.68. The molecule has 0 spiro atoms. The summed E-state index contributed by atoms with van der Waals surface area (Å²) in [6, 6.07) is 4.42. The van der Waals surface area contributed by atoms with E-state index in [1.807, 2.05) is 12.3 Å². The van der Waals surface area contributed by atoms with Gasteiger partial charge in [0.15, 0.2) is 0 Å². The number of aryl methyl sites for hydroxylation is 1. The van der Waals surface area contributed by atoms with Gasteiger partial charge in [0.1, 0.15) is 5.75 Å². The van der Waals surface area contributed by atoms with E-state index in [0.29, 0.717) is 18.0 Å². The number of nitrogens with zero attached hydrogens (tertiary/aromatic N) is 1. The van der Waals surface area contributed by atoms with Crippen LogP contribution in [0.1, 0.15) is 21.1 Å². The van der Waals surface area contributed by atoms with Crippen molar-refractivity contribution in [3.8, 4) is 5.75 Å². The largest absolute Gasteiger partial charge is 0.507 e. The topological polar surface area (TPSA) is 62.2 Å². The van der Waals surface area contributed by atoms with Crippen molar-refractivity contribution in [3.05, 3.63) is 44.9 Å². The number of benzene rings is 1. The first-order valence-electron chi connectivity index (χ1n) is 5.74. The van der Waals surface area contributed by atoms with E-state index in [1.54, 1.807) is 17.4 Å². The zero-order chi connectivity index (χ0) is 13.8. The van der Waals surface area contributed by atoms with Crippen LogP contribution in [0.15, 0.2) is 23.6 Å². The van der Waals surface area contributed by atoms with Crippen molar-refractivity contribution in [2.24, 2.45) is 0 Å². The van der Waals surface area contributed by atoms with Gasteiger partial charge in [-0.2, -0.15) is 0 Å². The van der Waals surface area contributed by atoms with Crippen molar-refractivity contribution in [2.75, 3.05) is 6.54 Å². The second kappa shape index (κ2) is 6.04. The number of carbonyl (C=O) groups excluding carboxylic acids is 1. The van der Waals surface area contributed by atoms with Gasteiger partial charge in [-0.1, -0.05) is 11.6 Å². The van der Waals surface area contributed by atoms with Gasteiger partial charge >= 0.3 is 0 Å². The number of rotatable bonds is 4. The molecule has 4 nitrogen and oxygen atoms in total. The molecular formula is C13H13ClN2O2S. The minimum atomic E-state index is -0.317. The molecule has 2 N–H and O–H groups in total. The molecule has 6 heteroatoms. The molecule has 0 fully saturated rings. The fraction of sp³-hybridized carbons (Fsp3) is 0.231. The van der Waals surface area contributed by atoms with Crippen molar-refractivity contribution in [3.63, 3.8) is 0 Å². The quantitative estimate of drug-likeness (QED) is 0.912. The highest BCUT2D eigenvalue weighted by molar-refractivity contribution is 7.09. The first kappa shape index (κ1) is 13.8. The Morgan fingerprint density at radius 3 is 2.95 bits per heavy atom. The summed E-state index contributed by atoms with van der Waals surface area (Å²) in [4.78, 5) is 16.2. The summed E-state index contributed by atoms with van der Waals surface area (Å²) in [6.07, 6.45) is 0.679. The van der Waals surface area contributed by atoms with Crippen LogP contribution in [0.4, 0.5) is 0 Å². The van der Waals surface area contributed by atoms with Gasteiger partial charge < -0.3 is 10.4 Å². The van der Waals surface area contributed by atoms with Crippen LogP contribution in [0, 0.1) is 6.92 Å². The van der Waals surface area contributed by atoms with Crippen LogP contribution in [-0.4, -0.2) is 22.5 Å². The van der Waals surface area contributed by atoms with E-state index in [1.165, 1.54) is 12.1 Å². The Hall–Kier alpha value is -1.59. The fourth-order valence-electron chi connectivity index (χ4n) is 1.59. The summed E-state index contributed by atoms with van der Waals surface area (Å²) in [6.45, 7) is 2.41. The molecule has 0 saturated heterocycles. The number of nitrogens with one attached hydrogen (secondary N) is 1. The Kier molecular flexibility index (Phi) is 4.39. The van der Waals surface area contributed by atoms with Crippen LogP contribution in [0.25, 0.3) is 0 Å². The summed E-state index contributed by atoms with van der Waals surface area (Å²) in [5.41, 5.74) is 1.21. The number of thiazole rings is 1. The number of amides is 1. The average molecular weight is 297 g/mol. The highest BCUT2D eigenvalue weighted by atomic mass is 35.5. The van der Waals surface area contributed by atoms with Gasteiger partial charge in [-0.05, 0) is 25.1 Å².